The molecule has 0 saturated carbocycles. The molecule has 0 aromatic heterocycles. The van der Waals surface area contributed by atoms with Gasteiger partial charge in [0, 0.05) is 13.0 Å². The molecule has 0 bridgehead atoms. The average Bonchev–Trinajstić information content (AvgIpc) is 1.97. The van der Waals surface area contributed by atoms with E-state index in [0.717, 1.165) is 19.0 Å². The van der Waals surface area contributed by atoms with E-state index in [2.05, 4.69) is 19.2 Å². The molecule has 11 heavy (non-hydrogen) atoms. The summed E-state index contributed by atoms with van der Waals surface area (Å²) in [5.74, 6) is 0.989. The highest BCUT2D eigenvalue weighted by Crippen LogP contribution is 1.96. The zero-order valence-corrected chi connectivity index (χ0v) is 7.81. The van der Waals surface area contributed by atoms with Crippen molar-refractivity contribution < 1.29 is 4.79 Å². The highest BCUT2D eigenvalue weighted by molar-refractivity contribution is 5.75. The van der Waals surface area contributed by atoms with Gasteiger partial charge in [0.05, 0.1) is 0 Å². The van der Waals surface area contributed by atoms with Crippen molar-refractivity contribution in [2.75, 3.05) is 13.1 Å². The minimum Gasteiger partial charge on any atom is -0.316 e. The minimum absolute atomic E-state index is 0.265. The molecule has 0 heterocycles. The molecule has 1 N–H and O–H groups in total. The predicted molar refractivity (Wildman–Crippen MR) is 47.6 cm³/mol. The molecule has 0 aliphatic heterocycles. The monoisotopic (exact) mass is 157 g/mol. The van der Waals surface area contributed by atoms with Gasteiger partial charge < -0.3 is 5.32 Å². The molecule has 0 rings (SSSR count). The van der Waals surface area contributed by atoms with Gasteiger partial charge in [-0.2, -0.15) is 0 Å². The van der Waals surface area contributed by atoms with Crippen LogP contribution in [0.25, 0.3) is 0 Å². The highest BCUT2D eigenvalue weighted by Gasteiger charge is 1.97. The Morgan fingerprint density at radius 1 is 1.55 bits per heavy atom. The van der Waals surface area contributed by atoms with Crippen LogP contribution >= 0.6 is 0 Å². The van der Waals surface area contributed by atoms with Crippen LogP contribution in [0.1, 0.15) is 33.6 Å². The molecule has 0 radical (unpaired) electrons. The molecule has 0 aliphatic rings. The van der Waals surface area contributed by atoms with Crippen molar-refractivity contribution in [3.8, 4) is 0 Å². The third-order valence-corrected chi connectivity index (χ3v) is 1.84. The third kappa shape index (κ3) is 7.53. The van der Waals surface area contributed by atoms with Gasteiger partial charge in [-0.1, -0.05) is 20.3 Å². The Labute approximate surface area is 69.4 Å². The van der Waals surface area contributed by atoms with E-state index in [0.29, 0.717) is 6.42 Å². The van der Waals surface area contributed by atoms with Gasteiger partial charge >= 0.3 is 0 Å². The van der Waals surface area contributed by atoms with Gasteiger partial charge in [-0.3, -0.25) is 4.79 Å². The summed E-state index contributed by atoms with van der Waals surface area (Å²) < 4.78 is 0. The number of ketones is 1. The first-order valence-corrected chi connectivity index (χ1v) is 4.37. The summed E-state index contributed by atoms with van der Waals surface area (Å²) in [7, 11) is 0. The fourth-order valence-corrected chi connectivity index (χ4v) is 0.757. The largest absolute Gasteiger partial charge is 0.316 e. The number of Topliss-reactive ketones (excluding diaryl/α,β-unsaturated/α-hetero) is 1. The molecule has 66 valence electrons. The Kier molecular flexibility index (Phi) is 6.13. The molecule has 0 aromatic carbocycles. The average molecular weight is 157 g/mol. The second kappa shape index (κ2) is 6.35. The fourth-order valence-electron chi connectivity index (χ4n) is 0.757. The number of hydrogen-bond acceptors (Lipinski definition) is 2. The zero-order chi connectivity index (χ0) is 8.69. The van der Waals surface area contributed by atoms with Crippen molar-refractivity contribution in [3.63, 3.8) is 0 Å². The normalized spacial score (nSPS) is 13.0. The molecule has 0 amide bonds. The Morgan fingerprint density at radius 2 is 2.18 bits per heavy atom. The highest BCUT2D eigenvalue weighted by atomic mass is 16.1. The van der Waals surface area contributed by atoms with E-state index >= 15 is 0 Å². The van der Waals surface area contributed by atoms with Gasteiger partial charge in [0.1, 0.15) is 5.78 Å². The fraction of sp³-hybridized carbons (Fsp3) is 0.889. The first-order valence-electron chi connectivity index (χ1n) is 4.37. The predicted octanol–water partition coefficient (Wildman–Crippen LogP) is 1.60. The molecular formula is C9H19NO. The van der Waals surface area contributed by atoms with Crippen LogP contribution < -0.4 is 5.32 Å². The van der Waals surface area contributed by atoms with Gasteiger partial charge in [-0.15, -0.1) is 0 Å². The molecule has 0 spiro atoms. The summed E-state index contributed by atoms with van der Waals surface area (Å²) in [5.41, 5.74) is 0. The Bertz CT molecular complexity index is 112. The van der Waals surface area contributed by atoms with E-state index in [1.165, 1.54) is 6.42 Å². The number of carbonyl (C=O) groups excluding carboxylic acids is 1. The van der Waals surface area contributed by atoms with Crippen molar-refractivity contribution in [1.29, 1.82) is 0 Å². The Morgan fingerprint density at radius 3 is 2.64 bits per heavy atom. The van der Waals surface area contributed by atoms with Crippen LogP contribution in [0.5, 0.6) is 0 Å². The summed E-state index contributed by atoms with van der Waals surface area (Å²) in [5, 5.41) is 3.25. The van der Waals surface area contributed by atoms with Crippen LogP contribution in [-0.2, 0) is 4.79 Å². The Hall–Kier alpha value is -0.370. The molecule has 1 unspecified atom stereocenters. The second-order valence-corrected chi connectivity index (χ2v) is 3.17. The summed E-state index contributed by atoms with van der Waals surface area (Å²) in [6.45, 7) is 7.88. The topological polar surface area (TPSA) is 29.1 Å². The Balaban J connectivity index is 3.08. The van der Waals surface area contributed by atoms with Crippen molar-refractivity contribution in [3.05, 3.63) is 0 Å². The maximum absolute atomic E-state index is 10.5. The van der Waals surface area contributed by atoms with Crippen molar-refractivity contribution >= 4 is 5.78 Å². The van der Waals surface area contributed by atoms with E-state index < -0.39 is 0 Å². The summed E-state index contributed by atoms with van der Waals surface area (Å²) >= 11 is 0. The van der Waals surface area contributed by atoms with Gasteiger partial charge in [0.15, 0.2) is 0 Å². The lowest BCUT2D eigenvalue weighted by atomic mass is 10.1. The molecule has 2 heteroatoms. The molecule has 0 saturated heterocycles. The maximum atomic E-state index is 10.5. The zero-order valence-electron chi connectivity index (χ0n) is 7.81. The van der Waals surface area contributed by atoms with Crippen LogP contribution in [0, 0.1) is 5.92 Å². The van der Waals surface area contributed by atoms with Crippen LogP contribution in [0.3, 0.4) is 0 Å². The van der Waals surface area contributed by atoms with E-state index in [9.17, 15) is 4.79 Å². The SMILES string of the molecule is CCC(C)CNCCC(C)=O. The van der Waals surface area contributed by atoms with E-state index in [1.807, 2.05) is 0 Å². The van der Waals surface area contributed by atoms with E-state index in [-0.39, 0.29) is 5.78 Å². The van der Waals surface area contributed by atoms with Crippen molar-refractivity contribution in [2.45, 2.75) is 33.6 Å². The quantitative estimate of drug-likeness (QED) is 0.593. The summed E-state index contributed by atoms with van der Waals surface area (Å²) in [6.07, 6.45) is 1.86. The van der Waals surface area contributed by atoms with Gasteiger partial charge in [-0.25, -0.2) is 0 Å². The van der Waals surface area contributed by atoms with Crippen LogP contribution in [0.2, 0.25) is 0 Å². The summed E-state index contributed by atoms with van der Waals surface area (Å²) in [4.78, 5) is 10.5. The molecule has 0 aromatic rings. The lowest BCUT2D eigenvalue weighted by molar-refractivity contribution is -0.116. The minimum atomic E-state index is 0.265. The van der Waals surface area contributed by atoms with Crippen molar-refractivity contribution in [2.24, 2.45) is 5.92 Å². The van der Waals surface area contributed by atoms with Crippen LogP contribution in [0.15, 0.2) is 0 Å². The third-order valence-electron chi connectivity index (χ3n) is 1.84. The number of hydrogen-bond donors (Lipinski definition) is 1. The lowest BCUT2D eigenvalue weighted by Crippen LogP contribution is -2.23. The van der Waals surface area contributed by atoms with Gasteiger partial charge in [0.25, 0.3) is 0 Å². The molecule has 0 aliphatic carbocycles. The molecule has 0 fully saturated rings. The van der Waals surface area contributed by atoms with E-state index in [1.54, 1.807) is 6.92 Å². The molecule has 2 nitrogen and oxygen atoms in total. The standard InChI is InChI=1S/C9H19NO/c1-4-8(2)7-10-6-5-9(3)11/h8,10H,4-7H2,1-3H3. The molecule has 1 atom stereocenters. The first kappa shape index (κ1) is 10.6. The number of carbonyl (C=O) groups is 1. The van der Waals surface area contributed by atoms with Crippen molar-refractivity contribution in [1.82, 2.24) is 5.32 Å². The first-order chi connectivity index (χ1) is 5.16. The second-order valence-electron chi connectivity index (χ2n) is 3.17. The van der Waals surface area contributed by atoms with Crippen LogP contribution in [-0.4, -0.2) is 18.9 Å². The van der Waals surface area contributed by atoms with Gasteiger partial charge in [0.2, 0.25) is 0 Å². The smallest absolute Gasteiger partial charge is 0.131 e. The maximum Gasteiger partial charge on any atom is 0.131 e. The summed E-state index contributed by atoms with van der Waals surface area (Å²) in [6, 6.07) is 0. The number of rotatable bonds is 6. The number of nitrogens with one attached hydrogen (secondary N) is 1. The van der Waals surface area contributed by atoms with E-state index in [4.69, 9.17) is 0 Å². The van der Waals surface area contributed by atoms with Gasteiger partial charge in [-0.05, 0) is 19.4 Å². The van der Waals surface area contributed by atoms with Crippen LogP contribution in [0.4, 0.5) is 0 Å². The molecular weight excluding hydrogens is 138 g/mol. The lowest BCUT2D eigenvalue weighted by Gasteiger charge is -2.08.